The van der Waals surface area contributed by atoms with Gasteiger partial charge in [-0.15, -0.1) is 0 Å². The molecule has 3 N–H and O–H groups in total. The monoisotopic (exact) mass is 664 g/mol. The fraction of sp³-hybridized carbons (Fsp3) is 0.633. The lowest BCUT2D eigenvalue weighted by Crippen LogP contribution is -3.00. The summed E-state index contributed by atoms with van der Waals surface area (Å²) in [5, 5.41) is 22.5. The number of benzene rings is 1. The molecule has 246 valence electrons. The number of piperazine rings is 3. The Morgan fingerprint density at radius 2 is 1.78 bits per heavy atom. The van der Waals surface area contributed by atoms with Gasteiger partial charge in [0.1, 0.15) is 39.3 Å². The molecule has 0 saturated carbocycles. The van der Waals surface area contributed by atoms with E-state index in [1.165, 1.54) is 20.4 Å². The highest BCUT2D eigenvalue weighted by atomic mass is 35.5. The van der Waals surface area contributed by atoms with E-state index in [4.69, 9.17) is 5.73 Å². The van der Waals surface area contributed by atoms with Gasteiger partial charge in [0.25, 0.3) is 5.91 Å². The van der Waals surface area contributed by atoms with Crippen molar-refractivity contribution in [2.24, 2.45) is 17.6 Å². The zero-order valence-corrected chi connectivity index (χ0v) is 27.2. The van der Waals surface area contributed by atoms with Gasteiger partial charge in [-0.3, -0.25) is 13.9 Å². The summed E-state index contributed by atoms with van der Waals surface area (Å²) in [6, 6.07) is 5.10. The Kier molecular flexibility index (Phi) is 7.71. The molecular formula is C30H41ClN6O7S. The van der Waals surface area contributed by atoms with Crippen molar-refractivity contribution < 1.29 is 54.4 Å². The number of amides is 2. The number of nitrogens with zero attached hydrogens (tertiary/aromatic N) is 5. The Balaban J connectivity index is 0.00000357. The molecule has 2 amide bonds. The second-order valence-corrected chi connectivity index (χ2v) is 15.6. The van der Waals surface area contributed by atoms with Crippen molar-refractivity contribution in [1.29, 1.82) is 0 Å². The Morgan fingerprint density at radius 1 is 1.13 bits per heavy atom. The average Bonchev–Trinajstić information content (AvgIpc) is 3.34. The summed E-state index contributed by atoms with van der Waals surface area (Å²) in [6.07, 6.45) is 0.664. The van der Waals surface area contributed by atoms with E-state index in [9.17, 15) is 33.0 Å². The van der Waals surface area contributed by atoms with Crippen LogP contribution >= 0.6 is 0 Å². The molecule has 0 radical (unpaired) electrons. The lowest BCUT2D eigenvalue weighted by Gasteiger charge is -2.55. The first-order chi connectivity index (χ1) is 20.8. The Hall–Kier alpha value is -2.91. The van der Waals surface area contributed by atoms with E-state index in [2.05, 4.69) is 0 Å². The van der Waals surface area contributed by atoms with Crippen molar-refractivity contribution in [3.8, 4) is 0 Å². The van der Waals surface area contributed by atoms with E-state index in [0.29, 0.717) is 36.5 Å². The molecular weight excluding hydrogens is 624 g/mol. The van der Waals surface area contributed by atoms with Crippen LogP contribution < -0.4 is 31.9 Å². The van der Waals surface area contributed by atoms with Crippen molar-refractivity contribution in [3.05, 3.63) is 35.0 Å². The van der Waals surface area contributed by atoms with Gasteiger partial charge in [0.15, 0.2) is 6.54 Å². The molecule has 7 aliphatic heterocycles. The topological polar surface area (TPSA) is 164 Å². The molecule has 4 saturated heterocycles. The second-order valence-electron chi connectivity index (χ2n) is 13.9. The molecule has 0 aliphatic carbocycles. The minimum absolute atomic E-state index is 0. The maximum Gasteiger partial charge on any atom is 0.326 e. The van der Waals surface area contributed by atoms with Gasteiger partial charge >= 0.3 is 10.2 Å². The third-order valence-corrected chi connectivity index (χ3v) is 13.5. The van der Waals surface area contributed by atoms with Crippen LogP contribution in [0.4, 0.5) is 11.4 Å². The lowest BCUT2D eigenvalue weighted by molar-refractivity contribution is -1.08. The van der Waals surface area contributed by atoms with Crippen molar-refractivity contribution >= 4 is 39.4 Å². The van der Waals surface area contributed by atoms with Crippen molar-refractivity contribution in [2.45, 2.75) is 44.8 Å². The molecule has 1 unspecified atom stereocenters. The van der Waals surface area contributed by atoms with Gasteiger partial charge in [-0.05, 0) is 36.5 Å². The number of aliphatic hydroxyl groups excluding tert-OH is 1. The number of carboxylic acids is 1. The molecule has 0 aromatic heterocycles. The zero-order valence-electron chi connectivity index (χ0n) is 25.6. The van der Waals surface area contributed by atoms with Crippen LogP contribution in [0, 0.1) is 11.8 Å². The molecule has 4 fully saturated rings. The third-order valence-electron chi connectivity index (χ3n) is 11.7. The number of carboxylic acid groups (broad SMARTS) is 1. The minimum Gasteiger partial charge on any atom is -1.00 e. The molecule has 1 aromatic carbocycles. The number of β-lactam (4-membered cyclic amide) rings is 1. The fourth-order valence-electron chi connectivity index (χ4n) is 9.11. The van der Waals surface area contributed by atoms with E-state index in [-0.39, 0.29) is 36.5 Å². The number of aliphatic carboxylic acids is 1. The number of primary amides is 1. The van der Waals surface area contributed by atoms with Gasteiger partial charge < -0.3 is 47.0 Å². The number of aliphatic hydroxyl groups is 1. The van der Waals surface area contributed by atoms with E-state index < -0.39 is 46.1 Å². The van der Waals surface area contributed by atoms with E-state index >= 15 is 0 Å². The van der Waals surface area contributed by atoms with Crippen LogP contribution in [0.3, 0.4) is 0 Å². The molecule has 0 spiro atoms. The van der Waals surface area contributed by atoms with Gasteiger partial charge in [-0.25, -0.2) is 4.31 Å². The molecule has 7 heterocycles. The number of carbonyl (C=O) groups excluding carboxylic acids is 3. The van der Waals surface area contributed by atoms with Crippen molar-refractivity contribution in [2.75, 3.05) is 74.1 Å². The number of rotatable bonds is 9. The highest BCUT2D eigenvalue weighted by Gasteiger charge is 2.59. The van der Waals surface area contributed by atoms with Gasteiger partial charge in [-0.1, -0.05) is 19.1 Å². The number of para-hydroxylation sites is 1. The van der Waals surface area contributed by atoms with Crippen molar-refractivity contribution in [3.63, 3.8) is 0 Å². The Morgan fingerprint density at radius 3 is 2.38 bits per heavy atom. The Bertz CT molecular complexity index is 1570. The van der Waals surface area contributed by atoms with Crippen LogP contribution in [0.25, 0.3) is 0 Å². The number of nitrogens with two attached hydrogens (primary N) is 1. The predicted molar refractivity (Wildman–Crippen MR) is 158 cm³/mol. The van der Waals surface area contributed by atoms with Crippen molar-refractivity contribution in [1.82, 2.24) is 4.90 Å². The molecule has 45 heavy (non-hydrogen) atoms. The summed E-state index contributed by atoms with van der Waals surface area (Å²) in [7, 11) is -3.99. The number of quaternary nitrogens is 2. The summed E-state index contributed by atoms with van der Waals surface area (Å²) >= 11 is 0. The standard InChI is InChI=1S/C30H40N6O7S.ClH/c1-18-22(28(30(40)41)34-26(18)25(19(2)37)29(34)39)16-33-23-5-3-4-21-20(6-8-32(27(21)23)44(33,42)43)7-9-35-10-13-36(14-11-35,15-12-35)17-24(31)38;/h3-5,18-20,25-26,37H,6-17H2,1-2H3,(H-2,31,38,40,41);1H/t18-,19+,20?,25+,26+,35?,36?;/m0./s1. The number of hydrogen-bond acceptors (Lipinski definition) is 7. The van der Waals surface area contributed by atoms with Crippen LogP contribution in [0.15, 0.2) is 29.5 Å². The lowest BCUT2D eigenvalue weighted by atomic mass is 9.77. The number of anilines is 2. The van der Waals surface area contributed by atoms with Gasteiger partial charge in [0.2, 0.25) is 5.91 Å². The quantitative estimate of drug-likeness (QED) is 0.198. The number of halogens is 1. The van der Waals surface area contributed by atoms with Gasteiger partial charge in [0.05, 0.1) is 54.2 Å². The summed E-state index contributed by atoms with van der Waals surface area (Å²) in [5.41, 5.74) is 7.76. The molecule has 15 heteroatoms. The Labute approximate surface area is 269 Å². The second kappa shape index (κ2) is 10.8. The van der Waals surface area contributed by atoms with Gasteiger partial charge in [0, 0.05) is 18.9 Å². The summed E-state index contributed by atoms with van der Waals surface area (Å²) < 4.78 is 32.5. The smallest absolute Gasteiger partial charge is 0.326 e. The maximum atomic E-state index is 14.0. The first-order valence-corrected chi connectivity index (χ1v) is 17.1. The van der Waals surface area contributed by atoms with E-state index in [1.54, 1.807) is 13.0 Å². The van der Waals surface area contributed by atoms with Crippen LogP contribution in [-0.2, 0) is 24.6 Å². The predicted octanol–water partition coefficient (Wildman–Crippen LogP) is -4.55. The first kappa shape index (κ1) is 32.0. The van der Waals surface area contributed by atoms with Crippen LogP contribution in [0.5, 0.6) is 0 Å². The number of hydrogen-bond donors (Lipinski definition) is 2. The summed E-state index contributed by atoms with van der Waals surface area (Å²) in [5.74, 6) is -3.25. The maximum absolute atomic E-state index is 14.0. The van der Waals surface area contributed by atoms with Gasteiger partial charge in [-0.2, -0.15) is 8.42 Å². The zero-order chi connectivity index (χ0) is 31.3. The summed E-state index contributed by atoms with van der Waals surface area (Å²) in [6.45, 7) is 10.8. The fourth-order valence-corrected chi connectivity index (χ4v) is 10.8. The minimum atomic E-state index is -3.99. The molecule has 7 aliphatic rings. The highest BCUT2D eigenvalue weighted by molar-refractivity contribution is 7.94. The number of fused-ring (bicyclic) bond motifs is 4. The normalized spacial score (nSPS) is 34.6. The third kappa shape index (κ3) is 4.66. The average molecular weight is 665 g/mol. The molecule has 2 bridgehead atoms. The molecule has 8 rings (SSSR count). The molecule has 1 aromatic rings. The summed E-state index contributed by atoms with van der Waals surface area (Å²) in [4.78, 5) is 37.9. The van der Waals surface area contributed by atoms with E-state index in [0.717, 1.165) is 66.8 Å². The molecule has 5 atom stereocenters. The molecule has 13 nitrogen and oxygen atoms in total. The SMILES string of the molecule is C[C@@H](O)[C@H]1C(=O)N2C(C(=O)[O-])=C(CN3c4cccc5c4N(CCC5CC[N+]45CC[N+](CC(N)=O)(CC4)CC5)S3(=O)=O)[C@H](C)[C@H]12.[Cl-]. The van der Waals surface area contributed by atoms with Crippen LogP contribution in [0.1, 0.15) is 38.2 Å². The van der Waals surface area contributed by atoms with Crippen LogP contribution in [0.2, 0.25) is 0 Å². The van der Waals surface area contributed by atoms with Crippen LogP contribution in [-0.4, -0.2) is 123 Å². The number of carbonyl (C=O) groups is 3. The largest absolute Gasteiger partial charge is 1.00 e. The highest BCUT2D eigenvalue weighted by Crippen LogP contribution is 2.52. The first-order valence-electron chi connectivity index (χ1n) is 15.7. The van der Waals surface area contributed by atoms with E-state index in [1.807, 2.05) is 12.1 Å².